The lowest BCUT2D eigenvalue weighted by Gasteiger charge is -2.01. The molecule has 0 saturated carbocycles. The number of carbonyl (C=O) groups excluding carboxylic acids is 1. The number of benzene rings is 1. The molecule has 0 radical (unpaired) electrons. The van der Waals surface area contributed by atoms with Crippen LogP contribution in [0.4, 0.5) is 4.70 Å². The highest BCUT2D eigenvalue weighted by Gasteiger charge is 2.01. The van der Waals surface area contributed by atoms with Gasteiger partial charge in [-0.15, -0.1) is 0 Å². The topological polar surface area (TPSA) is 17.1 Å². The van der Waals surface area contributed by atoms with E-state index in [9.17, 15) is 4.79 Å². The van der Waals surface area contributed by atoms with Crippen LogP contribution in [0.15, 0.2) is 18.2 Å². The summed E-state index contributed by atoms with van der Waals surface area (Å²) in [5.74, 6) is 0.141. The van der Waals surface area contributed by atoms with E-state index in [1.807, 2.05) is 32.0 Å². The molecule has 1 aromatic rings. The summed E-state index contributed by atoms with van der Waals surface area (Å²) in [7, 11) is 0. The van der Waals surface area contributed by atoms with Crippen LogP contribution in [0, 0.1) is 13.8 Å². The number of hydrogen-bond acceptors (Lipinski definition) is 1. The number of rotatable bonds is 1. The number of halogens is 1. The predicted octanol–water partition coefficient (Wildman–Crippen LogP) is 2.66. The second kappa shape index (κ2) is 4.00. The molecule has 0 unspecified atom stereocenters. The number of aryl methyl sites for hydroxylation is 2. The molecule has 0 N–H and O–H groups in total. The molecular weight excluding hydrogens is 155 g/mol. The average molecular weight is 168 g/mol. The van der Waals surface area contributed by atoms with Gasteiger partial charge in [0.2, 0.25) is 0 Å². The van der Waals surface area contributed by atoms with Crippen molar-refractivity contribution in [1.29, 1.82) is 0 Å². The van der Waals surface area contributed by atoms with Crippen molar-refractivity contribution in [3.05, 3.63) is 34.9 Å². The Morgan fingerprint density at radius 2 is 1.83 bits per heavy atom. The third kappa shape index (κ3) is 2.16. The molecule has 0 bridgehead atoms. The van der Waals surface area contributed by atoms with E-state index in [1.165, 1.54) is 5.56 Å². The standard InChI is InChI=1S/C10H12O.FH/c1-7-4-5-10(9(3)11)8(2)6-7;/h4-6H,1-3H3;1H. The van der Waals surface area contributed by atoms with Gasteiger partial charge in [-0.2, -0.15) is 0 Å². The molecule has 0 saturated heterocycles. The van der Waals surface area contributed by atoms with E-state index in [0.29, 0.717) is 0 Å². The van der Waals surface area contributed by atoms with Crippen molar-refractivity contribution in [2.75, 3.05) is 0 Å². The van der Waals surface area contributed by atoms with Gasteiger partial charge in [0.15, 0.2) is 5.78 Å². The second-order valence-corrected chi connectivity index (χ2v) is 2.87. The van der Waals surface area contributed by atoms with Gasteiger partial charge in [0, 0.05) is 5.56 Å². The fraction of sp³-hybridized carbons (Fsp3) is 0.300. The lowest BCUT2D eigenvalue weighted by atomic mass is 10.0. The van der Waals surface area contributed by atoms with Crippen LogP contribution in [0.3, 0.4) is 0 Å². The Hall–Kier alpha value is -1.18. The molecule has 1 nitrogen and oxygen atoms in total. The quantitative estimate of drug-likeness (QED) is 0.589. The van der Waals surface area contributed by atoms with Gasteiger partial charge in [0.1, 0.15) is 0 Å². The maximum atomic E-state index is 11.0. The number of carbonyl (C=O) groups is 1. The number of hydrogen-bond donors (Lipinski definition) is 0. The summed E-state index contributed by atoms with van der Waals surface area (Å²) in [4.78, 5) is 11.0. The lowest BCUT2D eigenvalue weighted by Crippen LogP contribution is -1.95. The Morgan fingerprint density at radius 3 is 2.25 bits per heavy atom. The van der Waals surface area contributed by atoms with Gasteiger partial charge in [-0.1, -0.05) is 23.8 Å². The normalized spacial score (nSPS) is 8.92. The largest absolute Gasteiger partial charge is 0.295 e. The van der Waals surface area contributed by atoms with Crippen LogP contribution in [0.2, 0.25) is 0 Å². The van der Waals surface area contributed by atoms with Crippen molar-refractivity contribution < 1.29 is 9.50 Å². The lowest BCUT2D eigenvalue weighted by molar-refractivity contribution is 0.101. The summed E-state index contributed by atoms with van der Waals surface area (Å²) in [6.07, 6.45) is 0. The summed E-state index contributed by atoms with van der Waals surface area (Å²) < 4.78 is 0. The van der Waals surface area contributed by atoms with Crippen LogP contribution in [-0.4, -0.2) is 5.78 Å². The highest BCUT2D eigenvalue weighted by atomic mass is 19.0. The van der Waals surface area contributed by atoms with Crippen LogP contribution in [-0.2, 0) is 0 Å². The maximum Gasteiger partial charge on any atom is 0.160 e. The number of Topliss-reactive ketones (excluding diaryl/α,β-unsaturated/α-hetero) is 1. The zero-order chi connectivity index (χ0) is 8.43. The fourth-order valence-corrected chi connectivity index (χ4v) is 1.21. The second-order valence-electron chi connectivity index (χ2n) is 2.87. The minimum atomic E-state index is 0. The highest BCUT2D eigenvalue weighted by molar-refractivity contribution is 5.95. The molecule has 2 heteroatoms. The van der Waals surface area contributed by atoms with Crippen molar-refractivity contribution in [3.63, 3.8) is 0 Å². The molecule has 0 heterocycles. The molecule has 0 spiro atoms. The molecule has 0 amide bonds. The molecule has 66 valence electrons. The van der Waals surface area contributed by atoms with Gasteiger partial charge in [0.25, 0.3) is 0 Å². The van der Waals surface area contributed by atoms with Crippen molar-refractivity contribution in [2.24, 2.45) is 0 Å². The van der Waals surface area contributed by atoms with Gasteiger partial charge in [0.05, 0.1) is 0 Å². The SMILES string of the molecule is CC(=O)c1ccc(C)cc1C.F. The van der Waals surface area contributed by atoms with E-state index in [-0.39, 0.29) is 10.5 Å². The Kier molecular flexibility index (Phi) is 3.61. The molecule has 0 aromatic heterocycles. The average Bonchev–Trinajstić information content (AvgIpc) is 1.85. The van der Waals surface area contributed by atoms with Crippen LogP contribution in [0.25, 0.3) is 0 Å². The molecule has 0 fully saturated rings. The van der Waals surface area contributed by atoms with Crippen LogP contribution in [0.5, 0.6) is 0 Å². The van der Waals surface area contributed by atoms with E-state index in [2.05, 4.69) is 0 Å². The van der Waals surface area contributed by atoms with Gasteiger partial charge >= 0.3 is 0 Å². The first-order chi connectivity index (χ1) is 5.11. The van der Waals surface area contributed by atoms with Gasteiger partial charge in [-0.3, -0.25) is 9.50 Å². The molecular formula is C10H13FO. The monoisotopic (exact) mass is 168 g/mol. The third-order valence-corrected chi connectivity index (χ3v) is 1.76. The Bertz CT molecular complexity index is 292. The van der Waals surface area contributed by atoms with E-state index < -0.39 is 0 Å². The van der Waals surface area contributed by atoms with Crippen LogP contribution < -0.4 is 0 Å². The molecule has 0 aliphatic carbocycles. The summed E-state index contributed by atoms with van der Waals surface area (Å²) in [6, 6.07) is 5.87. The van der Waals surface area contributed by atoms with Crippen molar-refractivity contribution in [1.82, 2.24) is 0 Å². The zero-order valence-corrected chi connectivity index (χ0v) is 7.55. The third-order valence-electron chi connectivity index (χ3n) is 1.76. The van der Waals surface area contributed by atoms with E-state index >= 15 is 0 Å². The van der Waals surface area contributed by atoms with Crippen LogP contribution in [0.1, 0.15) is 28.4 Å². The van der Waals surface area contributed by atoms with Crippen molar-refractivity contribution in [2.45, 2.75) is 20.8 Å². The molecule has 0 aliphatic rings. The Balaban J connectivity index is 0.00000121. The van der Waals surface area contributed by atoms with Crippen molar-refractivity contribution >= 4 is 5.78 Å². The van der Waals surface area contributed by atoms with E-state index in [1.54, 1.807) is 6.92 Å². The number of ketones is 1. The molecule has 1 rings (SSSR count). The zero-order valence-electron chi connectivity index (χ0n) is 7.55. The Labute approximate surface area is 71.8 Å². The Morgan fingerprint density at radius 1 is 1.25 bits per heavy atom. The molecule has 0 aliphatic heterocycles. The van der Waals surface area contributed by atoms with Crippen LogP contribution >= 0.6 is 0 Å². The van der Waals surface area contributed by atoms with Crippen molar-refractivity contribution in [3.8, 4) is 0 Å². The van der Waals surface area contributed by atoms with Gasteiger partial charge in [-0.25, -0.2) is 0 Å². The smallest absolute Gasteiger partial charge is 0.160 e. The van der Waals surface area contributed by atoms with Gasteiger partial charge < -0.3 is 0 Å². The van der Waals surface area contributed by atoms with E-state index in [0.717, 1.165) is 11.1 Å². The van der Waals surface area contributed by atoms with E-state index in [4.69, 9.17) is 0 Å². The summed E-state index contributed by atoms with van der Waals surface area (Å²) in [5, 5.41) is 0. The summed E-state index contributed by atoms with van der Waals surface area (Å²) >= 11 is 0. The minimum absolute atomic E-state index is 0. The molecule has 1 aromatic carbocycles. The summed E-state index contributed by atoms with van der Waals surface area (Å²) in [5.41, 5.74) is 3.10. The van der Waals surface area contributed by atoms with Gasteiger partial charge in [-0.05, 0) is 26.3 Å². The molecule has 0 atom stereocenters. The fourth-order valence-electron chi connectivity index (χ4n) is 1.21. The summed E-state index contributed by atoms with van der Waals surface area (Å²) in [6.45, 7) is 5.58. The molecule has 12 heavy (non-hydrogen) atoms. The first kappa shape index (κ1) is 10.8. The highest BCUT2D eigenvalue weighted by Crippen LogP contribution is 2.10. The minimum Gasteiger partial charge on any atom is -0.295 e. The first-order valence-corrected chi connectivity index (χ1v) is 3.69. The first-order valence-electron chi connectivity index (χ1n) is 3.69. The predicted molar refractivity (Wildman–Crippen MR) is 48.4 cm³/mol. The maximum absolute atomic E-state index is 11.0.